The molecule has 0 fully saturated rings. The fraction of sp³-hybridized carbons (Fsp3) is 0.0488. The minimum Gasteiger partial charge on any atom is -0.485 e. The summed E-state index contributed by atoms with van der Waals surface area (Å²) in [6.45, 7) is 1.04. The summed E-state index contributed by atoms with van der Waals surface area (Å²) < 4.78 is 13.9. The van der Waals surface area contributed by atoms with Gasteiger partial charge in [0.05, 0.1) is 4.88 Å². The van der Waals surface area contributed by atoms with Crippen LogP contribution in [0.3, 0.4) is 0 Å². The van der Waals surface area contributed by atoms with Crippen LogP contribution in [0, 0.1) is 0 Å². The van der Waals surface area contributed by atoms with Crippen molar-refractivity contribution in [3.63, 3.8) is 0 Å². The van der Waals surface area contributed by atoms with E-state index in [-0.39, 0.29) is 0 Å². The molecule has 47 heavy (non-hydrogen) atoms. The number of pyridine rings is 1. The summed E-state index contributed by atoms with van der Waals surface area (Å²) in [5, 5.41) is 3.45. The average Bonchev–Trinajstić information content (AvgIpc) is 3.72. The number of hydrogen-bond acceptors (Lipinski definition) is 6. The van der Waals surface area contributed by atoms with Crippen LogP contribution in [-0.4, -0.2) is 18.2 Å². The predicted molar refractivity (Wildman–Crippen MR) is 197 cm³/mol. The van der Waals surface area contributed by atoms with Gasteiger partial charge in [-0.25, -0.2) is 4.98 Å². The summed E-state index contributed by atoms with van der Waals surface area (Å²) >= 11 is 3.45. The second-order valence-electron chi connectivity index (χ2n) is 11.4. The molecule has 0 radical (unpaired) electrons. The quantitative estimate of drug-likeness (QED) is 0.180. The molecule has 0 unspecified atom stereocenters. The topological polar surface area (TPSA) is 34.6 Å². The summed E-state index contributed by atoms with van der Waals surface area (Å²) in [6.07, 6.45) is 1.87. The Morgan fingerprint density at radius 2 is 1.13 bits per heavy atom. The van der Waals surface area contributed by atoms with Gasteiger partial charge in [0, 0.05) is 33.0 Å². The van der Waals surface area contributed by atoms with Gasteiger partial charge >= 0.3 is 0 Å². The lowest BCUT2D eigenvalue weighted by Crippen LogP contribution is -2.17. The Hall–Kier alpha value is -5.43. The number of ether oxygens (including phenoxy) is 2. The lowest BCUT2D eigenvalue weighted by Gasteiger charge is -2.26. The molecule has 0 aliphatic carbocycles. The molecular formula is C41H28N2O2S2. The van der Waals surface area contributed by atoms with Gasteiger partial charge in [-0.2, -0.15) is 0 Å². The van der Waals surface area contributed by atoms with E-state index in [1.54, 1.807) is 22.7 Å². The van der Waals surface area contributed by atoms with Crippen molar-refractivity contribution in [2.75, 3.05) is 18.1 Å². The van der Waals surface area contributed by atoms with Gasteiger partial charge < -0.3 is 9.47 Å². The zero-order valence-electron chi connectivity index (χ0n) is 25.3. The normalized spacial score (nSPS) is 12.4. The molecule has 1 aliphatic heterocycles. The highest BCUT2D eigenvalue weighted by atomic mass is 32.1. The van der Waals surface area contributed by atoms with Crippen LogP contribution in [0.4, 0.5) is 16.4 Å². The number of fused-ring (bicyclic) bond motifs is 4. The van der Waals surface area contributed by atoms with E-state index >= 15 is 0 Å². The van der Waals surface area contributed by atoms with Crippen molar-refractivity contribution >= 4 is 59.4 Å². The highest BCUT2D eigenvalue weighted by Gasteiger charge is 2.30. The first-order valence-electron chi connectivity index (χ1n) is 15.6. The number of aromatic nitrogens is 1. The van der Waals surface area contributed by atoms with E-state index in [1.165, 1.54) is 37.7 Å². The van der Waals surface area contributed by atoms with Crippen molar-refractivity contribution in [1.29, 1.82) is 0 Å². The lowest BCUT2D eigenvalue weighted by molar-refractivity contribution is 0.175. The monoisotopic (exact) mass is 644 g/mol. The second-order valence-corrected chi connectivity index (χ2v) is 13.4. The van der Waals surface area contributed by atoms with E-state index in [0.29, 0.717) is 13.2 Å². The molecule has 4 heterocycles. The van der Waals surface area contributed by atoms with Gasteiger partial charge in [-0.05, 0) is 64.2 Å². The molecule has 9 rings (SSSR count). The molecule has 3 aromatic heterocycles. The fourth-order valence-electron chi connectivity index (χ4n) is 6.33. The second kappa shape index (κ2) is 11.7. The minimum atomic E-state index is 0.513. The number of thiophene rings is 2. The predicted octanol–water partition coefficient (Wildman–Crippen LogP) is 11.8. The van der Waals surface area contributed by atoms with E-state index in [1.807, 2.05) is 24.4 Å². The maximum atomic E-state index is 6.38. The molecule has 0 spiro atoms. The zero-order valence-corrected chi connectivity index (χ0v) is 26.9. The number of hydrogen-bond donors (Lipinski definition) is 0. The Labute approximate surface area is 280 Å². The first-order chi connectivity index (χ1) is 23.3. The highest BCUT2D eigenvalue weighted by Crippen LogP contribution is 2.57. The van der Waals surface area contributed by atoms with Crippen LogP contribution in [0.2, 0.25) is 0 Å². The largest absolute Gasteiger partial charge is 0.485 e. The molecule has 0 saturated heterocycles. The number of anilines is 3. The Kier molecular flexibility index (Phi) is 6.95. The number of rotatable bonds is 6. The van der Waals surface area contributed by atoms with E-state index in [9.17, 15) is 0 Å². The first-order valence-corrected chi connectivity index (χ1v) is 17.3. The Bertz CT molecular complexity index is 2350. The summed E-state index contributed by atoms with van der Waals surface area (Å²) in [4.78, 5) is 9.07. The van der Waals surface area contributed by atoms with Crippen molar-refractivity contribution in [2.24, 2.45) is 0 Å². The molecule has 0 atom stereocenters. The molecule has 1 aliphatic rings. The van der Waals surface area contributed by atoms with Crippen LogP contribution in [0.15, 0.2) is 146 Å². The Morgan fingerprint density at radius 1 is 0.511 bits per heavy atom. The molecular weight excluding hydrogens is 617 g/mol. The molecule has 0 bridgehead atoms. The standard InChI is InChI=1S/C41H28N2O2S2/c1-3-9-27(10-4-1)28-16-20-31(21-17-28)43(41-37-36(44-25-26-45-37)38(47-41)30-11-5-2-6-12-30)32-22-18-29(19-23-32)33-13-7-14-34-35-15-8-24-42-40(35)46-39(33)34/h1-24H,25-26H2. The molecule has 0 amide bonds. The third-order valence-electron chi connectivity index (χ3n) is 8.56. The van der Waals surface area contributed by atoms with E-state index in [0.717, 1.165) is 43.1 Å². The molecule has 5 aromatic carbocycles. The van der Waals surface area contributed by atoms with E-state index in [2.05, 4.69) is 131 Å². The smallest absolute Gasteiger partial charge is 0.197 e. The van der Waals surface area contributed by atoms with Crippen molar-refractivity contribution in [2.45, 2.75) is 0 Å². The van der Waals surface area contributed by atoms with Gasteiger partial charge in [0.1, 0.15) is 23.0 Å². The number of benzene rings is 5. The lowest BCUT2D eigenvalue weighted by atomic mass is 10.0. The summed E-state index contributed by atoms with van der Waals surface area (Å²) in [5.41, 5.74) is 7.96. The van der Waals surface area contributed by atoms with Gasteiger partial charge in [0.15, 0.2) is 11.5 Å². The van der Waals surface area contributed by atoms with Crippen molar-refractivity contribution in [3.8, 4) is 44.2 Å². The molecule has 0 N–H and O–H groups in total. The molecule has 0 saturated carbocycles. The minimum absolute atomic E-state index is 0.513. The van der Waals surface area contributed by atoms with Crippen LogP contribution in [-0.2, 0) is 0 Å². The van der Waals surface area contributed by atoms with Crippen molar-refractivity contribution < 1.29 is 9.47 Å². The Morgan fingerprint density at radius 3 is 1.85 bits per heavy atom. The summed E-state index contributed by atoms with van der Waals surface area (Å²) in [5.74, 6) is 1.61. The maximum Gasteiger partial charge on any atom is 0.197 e. The average molecular weight is 645 g/mol. The van der Waals surface area contributed by atoms with E-state index < -0.39 is 0 Å². The van der Waals surface area contributed by atoms with Crippen molar-refractivity contribution in [3.05, 3.63) is 146 Å². The van der Waals surface area contributed by atoms with E-state index in [4.69, 9.17) is 9.47 Å². The van der Waals surface area contributed by atoms with Gasteiger partial charge in [-0.3, -0.25) is 4.90 Å². The van der Waals surface area contributed by atoms with Gasteiger partial charge in [-0.1, -0.05) is 103 Å². The van der Waals surface area contributed by atoms with Crippen LogP contribution in [0.5, 0.6) is 11.5 Å². The van der Waals surface area contributed by atoms with Crippen LogP contribution in [0.25, 0.3) is 53.0 Å². The van der Waals surface area contributed by atoms with Crippen LogP contribution >= 0.6 is 22.7 Å². The first kappa shape index (κ1) is 27.8. The third kappa shape index (κ3) is 4.94. The van der Waals surface area contributed by atoms with Crippen LogP contribution in [0.1, 0.15) is 0 Å². The Balaban J connectivity index is 1.18. The molecule has 226 valence electrons. The SMILES string of the molecule is c1ccc(-c2ccc(N(c3ccc(-c4cccc5c4sc4ncccc45)cc3)c3sc(-c4ccccc4)c4c3OCCO4)cc2)cc1. The third-order valence-corrected chi connectivity index (χ3v) is 10.9. The highest BCUT2D eigenvalue weighted by molar-refractivity contribution is 7.26. The summed E-state index contributed by atoms with van der Waals surface area (Å²) in [6, 6.07) is 49.3. The zero-order chi connectivity index (χ0) is 31.2. The summed E-state index contributed by atoms with van der Waals surface area (Å²) in [7, 11) is 0. The van der Waals surface area contributed by atoms with Gasteiger partial charge in [0.25, 0.3) is 0 Å². The molecule has 4 nitrogen and oxygen atoms in total. The van der Waals surface area contributed by atoms with Gasteiger partial charge in [0.2, 0.25) is 0 Å². The van der Waals surface area contributed by atoms with Crippen LogP contribution < -0.4 is 14.4 Å². The number of nitrogens with zero attached hydrogens (tertiary/aromatic N) is 2. The molecule has 6 heteroatoms. The van der Waals surface area contributed by atoms with Gasteiger partial charge in [-0.15, -0.1) is 22.7 Å². The molecule has 8 aromatic rings. The maximum absolute atomic E-state index is 6.38. The van der Waals surface area contributed by atoms with Crippen molar-refractivity contribution in [1.82, 2.24) is 4.98 Å². The fourth-order valence-corrected chi connectivity index (χ4v) is 8.75.